The van der Waals surface area contributed by atoms with E-state index in [2.05, 4.69) is 0 Å². The molecule has 8 aromatic rings. The molecule has 8 bridgehead atoms. The summed E-state index contributed by atoms with van der Waals surface area (Å²) in [6.45, 7) is -5.64. The Morgan fingerprint density at radius 2 is 0.325 bits per heavy atom. The Bertz CT molecular complexity index is 3140. The fraction of sp³-hybridized carbons (Fsp3) is 0.143. The summed E-state index contributed by atoms with van der Waals surface area (Å²) in [5, 5.41) is 0. The van der Waals surface area contributed by atoms with Crippen molar-refractivity contribution in [3.8, 4) is 23.0 Å². The summed E-state index contributed by atoms with van der Waals surface area (Å²) in [5.74, 6) is -49.0. The van der Waals surface area contributed by atoms with Crippen molar-refractivity contribution in [1.29, 1.82) is 0 Å². The predicted octanol–water partition coefficient (Wildman–Crippen LogP) is 15.5. The first kappa shape index (κ1) is 56.3. The Labute approximate surface area is 437 Å². The van der Waals surface area contributed by atoms with Crippen LogP contribution in [0.5, 0.6) is 23.0 Å². The average Bonchev–Trinajstić information content (AvgIpc) is 3.46. The van der Waals surface area contributed by atoms with E-state index >= 15 is 35.1 Å². The number of halogens is 20. The number of hydrogen-bond donors (Lipinski definition) is 0. The summed E-state index contributed by atoms with van der Waals surface area (Å²) in [6.07, 6.45) is -2.19. The first-order valence-corrected chi connectivity index (χ1v) is 23.0. The molecular formula is C56H28F20O4. The van der Waals surface area contributed by atoms with Gasteiger partial charge in [0.25, 0.3) is 0 Å². The largest absolute Gasteiger partial charge is 0.488 e. The number of hydrogen-bond acceptors (Lipinski definition) is 4. The Kier molecular flexibility index (Phi) is 15.7. The predicted molar refractivity (Wildman–Crippen MR) is 239 cm³/mol. The minimum Gasteiger partial charge on any atom is -0.488 e. The Morgan fingerprint density at radius 1 is 0.200 bits per heavy atom. The highest BCUT2D eigenvalue weighted by molar-refractivity contribution is 5.56. The fourth-order valence-corrected chi connectivity index (χ4v) is 8.91. The molecule has 1 aliphatic rings. The number of fused-ring (bicyclic) bond motifs is 8. The van der Waals surface area contributed by atoms with Crippen molar-refractivity contribution >= 4 is 0 Å². The van der Waals surface area contributed by atoms with Crippen LogP contribution in [0, 0.1) is 116 Å². The van der Waals surface area contributed by atoms with Gasteiger partial charge in [-0.1, -0.05) is 72.8 Å². The van der Waals surface area contributed by atoms with E-state index in [1.807, 2.05) is 0 Å². The maximum absolute atomic E-state index is 15.2. The lowest BCUT2D eigenvalue weighted by Gasteiger charge is -2.23. The molecule has 0 radical (unpaired) electrons. The quantitative estimate of drug-likeness (QED) is 0.0694. The maximum Gasteiger partial charge on any atom is 0.200 e. The lowest BCUT2D eigenvalue weighted by molar-refractivity contribution is 0.270. The Hall–Kier alpha value is -8.44. The summed E-state index contributed by atoms with van der Waals surface area (Å²) in [5.41, 5.74) is -6.55. The van der Waals surface area contributed by atoms with E-state index in [1.165, 1.54) is 72.8 Å². The van der Waals surface area contributed by atoms with Gasteiger partial charge in [0.15, 0.2) is 93.1 Å². The standard InChI is InChI=1S/C56H28F20O4/c57-33-29(34(58)42(66)49(73)41(33)65)17-77-53-21-5-1-6-22(53)14-24-8-3-10-26(55(24)79-19-31-37(61)45(69)51(75)46(70)38(31)62)16-28-12-4-11-27(56(28)80-20-32-39(63)47(71)52(76)48(72)40(32)64)15-25-9-2-7-23(13-21)54(25)78-18-30-35(59)43(67)50(74)44(68)36(30)60/h1-12H,13-20H2. The van der Waals surface area contributed by atoms with Crippen LogP contribution < -0.4 is 18.9 Å². The van der Waals surface area contributed by atoms with Crippen molar-refractivity contribution in [2.75, 3.05) is 0 Å². The van der Waals surface area contributed by atoms with Crippen molar-refractivity contribution < 1.29 is 107 Å². The molecule has 0 saturated carbocycles. The second-order valence-electron chi connectivity index (χ2n) is 17.7. The van der Waals surface area contributed by atoms with Crippen LogP contribution >= 0.6 is 0 Å². The number of benzene rings is 8. The van der Waals surface area contributed by atoms with Crippen LogP contribution in [-0.4, -0.2) is 0 Å². The van der Waals surface area contributed by atoms with Gasteiger partial charge >= 0.3 is 0 Å². The molecule has 0 unspecified atom stereocenters. The molecule has 0 heterocycles. The van der Waals surface area contributed by atoms with Gasteiger partial charge in [-0.25, -0.2) is 87.8 Å². The molecule has 4 nitrogen and oxygen atoms in total. The number of para-hydroxylation sites is 4. The third-order valence-electron chi connectivity index (χ3n) is 12.9. The third kappa shape index (κ3) is 10.1. The summed E-state index contributed by atoms with van der Waals surface area (Å²) < 4.78 is 318. The smallest absolute Gasteiger partial charge is 0.200 e. The highest BCUT2D eigenvalue weighted by Crippen LogP contribution is 2.41. The van der Waals surface area contributed by atoms with E-state index in [4.69, 9.17) is 18.9 Å². The molecular weight excluding hydrogens is 1120 g/mol. The van der Waals surface area contributed by atoms with Crippen molar-refractivity contribution in [2.24, 2.45) is 0 Å². The maximum atomic E-state index is 15.2. The van der Waals surface area contributed by atoms with Gasteiger partial charge < -0.3 is 18.9 Å². The van der Waals surface area contributed by atoms with Crippen molar-refractivity contribution in [2.45, 2.75) is 52.1 Å². The Morgan fingerprint density at radius 3 is 0.463 bits per heavy atom. The minimum atomic E-state index is -2.51. The molecule has 24 heteroatoms. The molecule has 0 aromatic heterocycles. The zero-order valence-corrected chi connectivity index (χ0v) is 39.8. The van der Waals surface area contributed by atoms with Gasteiger partial charge in [0.2, 0.25) is 23.3 Å². The second kappa shape index (κ2) is 22.4. The molecule has 8 aromatic carbocycles. The van der Waals surface area contributed by atoms with Gasteiger partial charge in [-0.15, -0.1) is 0 Å². The minimum absolute atomic E-state index is 0.0782. The van der Waals surface area contributed by atoms with Crippen molar-refractivity contribution in [3.63, 3.8) is 0 Å². The van der Waals surface area contributed by atoms with E-state index in [1.54, 1.807) is 0 Å². The topological polar surface area (TPSA) is 36.9 Å². The molecule has 0 spiro atoms. The van der Waals surface area contributed by atoms with Crippen LogP contribution in [0.25, 0.3) is 0 Å². The number of ether oxygens (including phenoxy) is 4. The monoisotopic (exact) mass is 1140 g/mol. The molecule has 80 heavy (non-hydrogen) atoms. The van der Waals surface area contributed by atoms with E-state index in [9.17, 15) is 52.7 Å². The fourth-order valence-electron chi connectivity index (χ4n) is 8.91. The first-order valence-electron chi connectivity index (χ1n) is 23.0. The molecule has 0 aliphatic heterocycles. The van der Waals surface area contributed by atoms with E-state index < -0.39 is 214 Å². The van der Waals surface area contributed by atoms with Crippen LogP contribution in [0.15, 0.2) is 72.8 Å². The normalized spacial score (nSPS) is 12.2. The van der Waals surface area contributed by atoms with Gasteiger partial charge in [0.05, 0.1) is 22.3 Å². The van der Waals surface area contributed by atoms with E-state index in [0.29, 0.717) is 0 Å². The third-order valence-corrected chi connectivity index (χ3v) is 12.9. The first-order chi connectivity index (χ1) is 38.0. The SMILES string of the molecule is Fc1c(F)c(F)c(COc2c3cccc2Cc2cccc(c2OCc2c(F)c(F)c(F)c(F)c2F)Cc2cccc(c2OCc2c(F)c(F)c(F)c(F)c2F)Cc2cccc(c2OCc2c(F)c(F)c(F)c(F)c2F)C3)c(F)c1F. The van der Waals surface area contributed by atoms with Crippen LogP contribution in [0.3, 0.4) is 0 Å². The van der Waals surface area contributed by atoms with E-state index in [0.717, 1.165) is 0 Å². The van der Waals surface area contributed by atoms with Gasteiger partial charge in [-0.05, 0) is 44.5 Å². The lowest BCUT2D eigenvalue weighted by atomic mass is 9.91. The molecule has 0 amide bonds. The zero-order chi connectivity index (χ0) is 57.8. The molecule has 416 valence electrons. The summed E-state index contributed by atoms with van der Waals surface area (Å²) in [4.78, 5) is 0. The zero-order valence-electron chi connectivity index (χ0n) is 39.8. The molecule has 9 rings (SSSR count). The van der Waals surface area contributed by atoms with Crippen LogP contribution in [0.4, 0.5) is 87.8 Å². The summed E-state index contributed by atoms with van der Waals surface area (Å²) in [7, 11) is 0. The van der Waals surface area contributed by atoms with Gasteiger partial charge in [-0.2, -0.15) is 0 Å². The van der Waals surface area contributed by atoms with Crippen LogP contribution in [-0.2, 0) is 52.1 Å². The van der Waals surface area contributed by atoms with Gasteiger partial charge in [0.1, 0.15) is 49.4 Å². The number of rotatable bonds is 12. The Balaban J connectivity index is 1.26. The molecule has 0 atom stereocenters. The molecule has 0 fully saturated rings. The second-order valence-corrected chi connectivity index (χ2v) is 17.7. The highest BCUT2D eigenvalue weighted by atomic mass is 19.2. The van der Waals surface area contributed by atoms with E-state index in [-0.39, 0.29) is 44.5 Å². The molecule has 0 saturated heterocycles. The van der Waals surface area contributed by atoms with Gasteiger partial charge in [0, 0.05) is 25.7 Å². The molecule has 0 N–H and O–H groups in total. The van der Waals surface area contributed by atoms with Crippen LogP contribution in [0.1, 0.15) is 66.8 Å². The van der Waals surface area contributed by atoms with Crippen molar-refractivity contribution in [3.05, 3.63) is 256 Å². The summed E-state index contributed by atoms with van der Waals surface area (Å²) >= 11 is 0. The van der Waals surface area contributed by atoms with Crippen LogP contribution in [0.2, 0.25) is 0 Å². The molecule has 1 aliphatic carbocycles. The van der Waals surface area contributed by atoms with Gasteiger partial charge in [-0.3, -0.25) is 0 Å². The lowest BCUT2D eigenvalue weighted by Crippen LogP contribution is -2.13. The van der Waals surface area contributed by atoms with Crippen molar-refractivity contribution in [1.82, 2.24) is 0 Å². The summed E-state index contributed by atoms with van der Waals surface area (Å²) in [6, 6.07) is 15.7. The average molecular weight is 1140 g/mol. The highest BCUT2D eigenvalue weighted by Gasteiger charge is 2.32.